The minimum atomic E-state index is 0.221. The van der Waals surface area contributed by atoms with Crippen molar-refractivity contribution in [2.45, 2.75) is 6.92 Å². The first-order valence-electron chi connectivity index (χ1n) is 6.73. The largest absolute Gasteiger partial charge is 0.506 e. The maximum atomic E-state index is 9.92. The molecule has 4 nitrogen and oxygen atoms in total. The molecule has 1 aromatic heterocycles. The minimum absolute atomic E-state index is 0.221. The zero-order valence-electron chi connectivity index (χ0n) is 12.0. The Morgan fingerprint density at radius 1 is 1.05 bits per heavy atom. The van der Waals surface area contributed by atoms with Crippen molar-refractivity contribution in [3.8, 4) is 11.5 Å². The molecule has 106 valence electrons. The van der Waals surface area contributed by atoms with E-state index in [0.29, 0.717) is 5.69 Å². The number of ether oxygens (including phenoxy) is 1. The quantitative estimate of drug-likeness (QED) is 0.723. The van der Waals surface area contributed by atoms with Gasteiger partial charge in [0.25, 0.3) is 0 Å². The number of aromatic amines is 1. The van der Waals surface area contributed by atoms with Crippen molar-refractivity contribution < 1.29 is 14.8 Å². The first-order chi connectivity index (χ1) is 10.2. The molecule has 1 heterocycles. The van der Waals surface area contributed by atoms with Gasteiger partial charge in [-0.25, -0.2) is 4.98 Å². The molecule has 3 N–H and O–H groups in total. The number of hydrogen-bond acceptors (Lipinski definition) is 3. The minimum Gasteiger partial charge on any atom is -0.506 e. The first kappa shape index (κ1) is 13.2. The number of para-hydroxylation sites is 2. The molecular weight excluding hydrogens is 264 g/mol. The highest BCUT2D eigenvalue weighted by molar-refractivity contribution is 5.92. The van der Waals surface area contributed by atoms with Crippen molar-refractivity contribution in [1.82, 2.24) is 0 Å². The Balaban J connectivity index is 2.14. The number of aromatic hydroxyl groups is 1. The summed E-state index contributed by atoms with van der Waals surface area (Å²) in [6.07, 6.45) is 0. The third-order valence-corrected chi connectivity index (χ3v) is 3.38. The molecule has 0 aliphatic heterocycles. The van der Waals surface area contributed by atoms with E-state index in [-0.39, 0.29) is 5.75 Å². The van der Waals surface area contributed by atoms with E-state index in [4.69, 9.17) is 4.74 Å². The number of rotatable bonds is 3. The van der Waals surface area contributed by atoms with Gasteiger partial charge in [0.05, 0.1) is 23.9 Å². The zero-order chi connectivity index (χ0) is 14.8. The summed E-state index contributed by atoms with van der Waals surface area (Å²) in [5, 5.41) is 14.2. The summed E-state index contributed by atoms with van der Waals surface area (Å²) in [4.78, 5) is 3.32. The van der Waals surface area contributed by atoms with E-state index in [1.165, 1.54) is 0 Å². The van der Waals surface area contributed by atoms with Gasteiger partial charge in [-0.15, -0.1) is 0 Å². The standard InChI is InChI=1S/C17H16N2O2/c1-11-9-16(19-15-5-3-4-6-17(15)20)13-10-12(21-2)7-8-14(13)18-11/h3-10,20H,1-2H3,(H,18,19)/p+1. The fourth-order valence-electron chi connectivity index (χ4n) is 2.35. The number of pyridine rings is 1. The molecule has 2 aromatic carbocycles. The number of aromatic nitrogens is 1. The molecular formula is C17H17N2O2+. The summed E-state index contributed by atoms with van der Waals surface area (Å²) in [6.45, 7) is 2.00. The van der Waals surface area contributed by atoms with E-state index in [0.717, 1.165) is 28.0 Å². The zero-order valence-corrected chi connectivity index (χ0v) is 12.0. The number of H-pyrrole nitrogens is 1. The van der Waals surface area contributed by atoms with E-state index in [9.17, 15) is 5.11 Å². The maximum Gasteiger partial charge on any atom is 0.213 e. The molecule has 0 atom stereocenters. The predicted molar refractivity (Wildman–Crippen MR) is 83.2 cm³/mol. The molecule has 3 rings (SSSR count). The average molecular weight is 281 g/mol. The fraction of sp³-hybridized carbons (Fsp3) is 0.118. The number of phenols is 1. The topological polar surface area (TPSA) is 55.6 Å². The van der Waals surface area contributed by atoms with Crippen LogP contribution in [0.15, 0.2) is 48.5 Å². The number of nitrogens with one attached hydrogen (secondary N) is 2. The highest BCUT2D eigenvalue weighted by Crippen LogP contribution is 2.31. The average Bonchev–Trinajstić information content (AvgIpc) is 2.49. The van der Waals surface area contributed by atoms with Crippen LogP contribution in [-0.4, -0.2) is 12.2 Å². The molecule has 0 bridgehead atoms. The van der Waals surface area contributed by atoms with Crippen molar-refractivity contribution in [2.24, 2.45) is 0 Å². The maximum absolute atomic E-state index is 9.92. The van der Waals surface area contributed by atoms with Gasteiger partial charge in [0, 0.05) is 19.1 Å². The molecule has 21 heavy (non-hydrogen) atoms. The summed E-state index contributed by atoms with van der Waals surface area (Å²) >= 11 is 0. The first-order valence-corrected chi connectivity index (χ1v) is 6.73. The number of phenolic OH excluding ortho intramolecular Hbond substituents is 1. The van der Waals surface area contributed by atoms with Crippen molar-refractivity contribution in [2.75, 3.05) is 12.4 Å². The lowest BCUT2D eigenvalue weighted by Crippen LogP contribution is -2.10. The number of anilines is 2. The van der Waals surface area contributed by atoms with E-state index < -0.39 is 0 Å². The molecule has 0 amide bonds. The lowest BCUT2D eigenvalue weighted by Gasteiger charge is -2.10. The van der Waals surface area contributed by atoms with Gasteiger partial charge in [-0.2, -0.15) is 0 Å². The smallest absolute Gasteiger partial charge is 0.213 e. The highest BCUT2D eigenvalue weighted by Gasteiger charge is 2.11. The molecule has 4 heteroatoms. The van der Waals surface area contributed by atoms with Crippen LogP contribution >= 0.6 is 0 Å². The number of fused-ring (bicyclic) bond motifs is 1. The number of aryl methyl sites for hydroxylation is 1. The van der Waals surface area contributed by atoms with Gasteiger partial charge in [-0.3, -0.25) is 0 Å². The van der Waals surface area contributed by atoms with Gasteiger partial charge in [0.1, 0.15) is 11.5 Å². The van der Waals surface area contributed by atoms with E-state index in [2.05, 4.69) is 10.3 Å². The second-order valence-electron chi connectivity index (χ2n) is 4.92. The third kappa shape index (κ3) is 2.60. The van der Waals surface area contributed by atoms with Crippen LogP contribution in [0.5, 0.6) is 11.5 Å². The van der Waals surface area contributed by atoms with Crippen LogP contribution in [0.2, 0.25) is 0 Å². The summed E-state index contributed by atoms with van der Waals surface area (Å²) in [5.41, 5.74) is 3.63. The van der Waals surface area contributed by atoms with Crippen LogP contribution < -0.4 is 15.0 Å². The van der Waals surface area contributed by atoms with Crippen molar-refractivity contribution >= 4 is 22.3 Å². The van der Waals surface area contributed by atoms with Crippen LogP contribution in [0.25, 0.3) is 10.9 Å². The molecule has 0 unspecified atom stereocenters. The molecule has 0 saturated carbocycles. The van der Waals surface area contributed by atoms with Gasteiger partial charge in [0.2, 0.25) is 5.52 Å². The number of hydrogen-bond donors (Lipinski definition) is 2. The Hall–Kier alpha value is -2.75. The lowest BCUT2D eigenvalue weighted by molar-refractivity contribution is -0.354. The Kier molecular flexibility index (Phi) is 3.36. The van der Waals surface area contributed by atoms with Gasteiger partial charge in [0.15, 0.2) is 5.69 Å². The fourth-order valence-corrected chi connectivity index (χ4v) is 2.35. The van der Waals surface area contributed by atoms with Gasteiger partial charge < -0.3 is 15.2 Å². The molecule has 0 spiro atoms. The molecule has 0 aliphatic carbocycles. The van der Waals surface area contributed by atoms with Crippen LogP contribution in [0.4, 0.5) is 11.4 Å². The molecule has 0 radical (unpaired) electrons. The Morgan fingerprint density at radius 3 is 2.62 bits per heavy atom. The second-order valence-corrected chi connectivity index (χ2v) is 4.92. The van der Waals surface area contributed by atoms with E-state index >= 15 is 0 Å². The summed E-state index contributed by atoms with van der Waals surface area (Å²) in [7, 11) is 1.65. The molecule has 0 aliphatic rings. The van der Waals surface area contributed by atoms with Crippen molar-refractivity contribution in [1.29, 1.82) is 0 Å². The van der Waals surface area contributed by atoms with Gasteiger partial charge in [-0.05, 0) is 24.3 Å². The lowest BCUT2D eigenvalue weighted by atomic mass is 10.1. The van der Waals surface area contributed by atoms with Crippen LogP contribution in [0.1, 0.15) is 5.69 Å². The highest BCUT2D eigenvalue weighted by atomic mass is 16.5. The van der Waals surface area contributed by atoms with Crippen LogP contribution in [-0.2, 0) is 0 Å². The number of benzene rings is 2. The monoisotopic (exact) mass is 281 g/mol. The van der Waals surface area contributed by atoms with E-state index in [1.807, 2.05) is 43.3 Å². The Labute approximate surface area is 123 Å². The van der Waals surface area contributed by atoms with Gasteiger partial charge >= 0.3 is 0 Å². The Morgan fingerprint density at radius 2 is 1.86 bits per heavy atom. The van der Waals surface area contributed by atoms with Crippen LogP contribution in [0.3, 0.4) is 0 Å². The number of methoxy groups -OCH3 is 1. The second kappa shape index (κ2) is 5.32. The van der Waals surface area contributed by atoms with Crippen molar-refractivity contribution in [3.63, 3.8) is 0 Å². The summed E-state index contributed by atoms with van der Waals surface area (Å²) in [6, 6.07) is 15.1. The normalized spacial score (nSPS) is 10.6. The third-order valence-electron chi connectivity index (χ3n) is 3.38. The molecule has 0 saturated heterocycles. The molecule has 3 aromatic rings. The van der Waals surface area contributed by atoms with Gasteiger partial charge in [-0.1, -0.05) is 12.1 Å². The summed E-state index contributed by atoms with van der Waals surface area (Å²) < 4.78 is 5.29. The predicted octanol–water partition coefficient (Wildman–Crippen LogP) is 3.42. The summed E-state index contributed by atoms with van der Waals surface area (Å²) in [5.74, 6) is 1.01. The van der Waals surface area contributed by atoms with Crippen LogP contribution in [0, 0.1) is 6.92 Å². The Bertz CT molecular complexity index is 800. The van der Waals surface area contributed by atoms with Crippen molar-refractivity contribution in [3.05, 3.63) is 54.2 Å². The van der Waals surface area contributed by atoms with E-state index in [1.54, 1.807) is 19.2 Å². The SMILES string of the molecule is COc1ccc2[nH+]c(C)cc(Nc3ccccc3O)c2c1. The molecule has 0 fully saturated rings.